The van der Waals surface area contributed by atoms with E-state index in [1.165, 1.54) is 11.5 Å². The topological polar surface area (TPSA) is 25.8 Å². The quantitative estimate of drug-likeness (QED) is 0.687. The van der Waals surface area contributed by atoms with Crippen molar-refractivity contribution in [2.45, 2.75) is 18.5 Å². The van der Waals surface area contributed by atoms with Crippen molar-refractivity contribution >= 4 is 33.1 Å². The first-order valence-corrected chi connectivity index (χ1v) is 6.23. The van der Waals surface area contributed by atoms with Crippen LogP contribution in [-0.4, -0.2) is 15.6 Å². The number of hydrogen-bond acceptors (Lipinski definition) is 5. The Kier molecular flexibility index (Phi) is 3.51. The van der Waals surface area contributed by atoms with Gasteiger partial charge in [0.15, 0.2) is 0 Å². The lowest BCUT2D eigenvalue weighted by Crippen LogP contribution is -1.75. The van der Waals surface area contributed by atoms with E-state index in [1.54, 1.807) is 21.6 Å². The summed E-state index contributed by atoms with van der Waals surface area (Å²) in [6, 6.07) is 0. The van der Waals surface area contributed by atoms with Gasteiger partial charge >= 0.3 is 0 Å². The summed E-state index contributed by atoms with van der Waals surface area (Å²) in [5, 5.41) is 2.02. The molecule has 0 bridgehead atoms. The molecule has 0 aliphatic carbocycles. The Labute approximate surface area is 72.4 Å². The fourth-order valence-corrected chi connectivity index (χ4v) is 2.39. The molecule has 5 heteroatoms. The lowest BCUT2D eigenvalue weighted by molar-refractivity contribution is 0.999. The van der Waals surface area contributed by atoms with Crippen LogP contribution in [0.4, 0.5) is 0 Å². The molecule has 0 N–H and O–H groups in total. The average Bonchev–Trinajstić information content (AvgIpc) is 2.37. The molecule has 0 amide bonds. The van der Waals surface area contributed by atoms with Crippen LogP contribution in [0.25, 0.3) is 0 Å². The summed E-state index contributed by atoms with van der Waals surface area (Å²) in [4.78, 5) is 4.27. The zero-order chi connectivity index (χ0) is 7.40. The molecule has 0 saturated carbocycles. The second kappa shape index (κ2) is 4.20. The second-order valence-electron chi connectivity index (χ2n) is 1.57. The minimum atomic E-state index is 0.898. The van der Waals surface area contributed by atoms with Gasteiger partial charge in [-0.25, -0.2) is 4.98 Å². The van der Waals surface area contributed by atoms with E-state index in [0.717, 1.165) is 16.6 Å². The summed E-state index contributed by atoms with van der Waals surface area (Å²) in [5.74, 6) is 0. The van der Waals surface area contributed by atoms with Crippen LogP contribution in [0.3, 0.4) is 0 Å². The molecule has 0 saturated heterocycles. The third-order valence-electron chi connectivity index (χ3n) is 0.910. The van der Waals surface area contributed by atoms with E-state index in [1.807, 2.05) is 6.26 Å². The van der Waals surface area contributed by atoms with Crippen molar-refractivity contribution in [1.29, 1.82) is 0 Å². The number of aryl methyl sites for hydroxylation is 1. The molecule has 1 aromatic rings. The smallest absolute Gasteiger partial charge is 0.210 e. The zero-order valence-electron chi connectivity index (χ0n) is 5.83. The Balaban J connectivity index is 2.59. The molecule has 56 valence electrons. The van der Waals surface area contributed by atoms with Gasteiger partial charge in [0.25, 0.3) is 0 Å². The number of hydrogen-bond donors (Lipinski definition) is 0. The molecule has 0 aromatic carbocycles. The molecule has 0 spiro atoms. The van der Waals surface area contributed by atoms with Gasteiger partial charge in [-0.15, -0.1) is 0 Å². The van der Waals surface area contributed by atoms with Gasteiger partial charge < -0.3 is 0 Å². The number of nitrogens with zero attached hydrogens (tertiary/aromatic N) is 2. The highest BCUT2D eigenvalue weighted by molar-refractivity contribution is 8.76. The number of rotatable bonds is 3. The van der Waals surface area contributed by atoms with E-state index in [-0.39, 0.29) is 0 Å². The highest BCUT2D eigenvalue weighted by atomic mass is 33.1. The van der Waals surface area contributed by atoms with Gasteiger partial charge in [-0.1, -0.05) is 17.7 Å². The Bertz CT molecular complexity index is 199. The zero-order valence-corrected chi connectivity index (χ0v) is 8.28. The van der Waals surface area contributed by atoms with Crippen LogP contribution < -0.4 is 0 Å². The first-order valence-electron chi connectivity index (χ1n) is 2.90. The minimum Gasteiger partial charge on any atom is -0.214 e. The van der Waals surface area contributed by atoms with Gasteiger partial charge in [0.2, 0.25) is 5.16 Å². The highest BCUT2D eigenvalue weighted by Crippen LogP contribution is 2.26. The lowest BCUT2D eigenvalue weighted by Gasteiger charge is -1.84. The summed E-state index contributed by atoms with van der Waals surface area (Å²) in [5.41, 5.74) is 0. The SMILES string of the molecule is CCc1nc(SSC)ns1. The van der Waals surface area contributed by atoms with E-state index in [0.29, 0.717) is 0 Å². The van der Waals surface area contributed by atoms with Gasteiger partial charge in [0, 0.05) is 0 Å². The fourth-order valence-electron chi connectivity index (χ4n) is 0.491. The number of aromatic nitrogens is 2. The molecule has 0 aliphatic rings. The molecule has 0 fully saturated rings. The molecule has 1 heterocycles. The first-order chi connectivity index (χ1) is 4.86. The van der Waals surface area contributed by atoms with Crippen LogP contribution in [0.15, 0.2) is 5.16 Å². The van der Waals surface area contributed by atoms with Crippen LogP contribution in [0.2, 0.25) is 0 Å². The van der Waals surface area contributed by atoms with Crippen molar-refractivity contribution < 1.29 is 0 Å². The maximum atomic E-state index is 4.27. The van der Waals surface area contributed by atoms with Crippen LogP contribution in [0.1, 0.15) is 11.9 Å². The van der Waals surface area contributed by atoms with Gasteiger partial charge in [-0.2, -0.15) is 4.37 Å². The monoisotopic (exact) mass is 192 g/mol. The molecular weight excluding hydrogens is 184 g/mol. The third-order valence-corrected chi connectivity index (χ3v) is 3.33. The van der Waals surface area contributed by atoms with Crippen molar-refractivity contribution in [1.82, 2.24) is 9.36 Å². The van der Waals surface area contributed by atoms with E-state index in [2.05, 4.69) is 16.3 Å². The third kappa shape index (κ3) is 2.14. The molecule has 1 aromatic heterocycles. The molecule has 0 unspecified atom stereocenters. The minimum absolute atomic E-state index is 0.898. The largest absolute Gasteiger partial charge is 0.214 e. The highest BCUT2D eigenvalue weighted by Gasteiger charge is 2.00. The van der Waals surface area contributed by atoms with Crippen LogP contribution in [-0.2, 0) is 6.42 Å². The van der Waals surface area contributed by atoms with Crippen LogP contribution in [0.5, 0.6) is 0 Å². The Morgan fingerprint density at radius 1 is 1.60 bits per heavy atom. The van der Waals surface area contributed by atoms with Crippen LogP contribution in [0, 0.1) is 0 Å². The van der Waals surface area contributed by atoms with E-state index >= 15 is 0 Å². The van der Waals surface area contributed by atoms with Crippen molar-refractivity contribution in [3.63, 3.8) is 0 Å². The van der Waals surface area contributed by atoms with Crippen molar-refractivity contribution in [2.24, 2.45) is 0 Å². The maximum Gasteiger partial charge on any atom is 0.210 e. The normalized spacial score (nSPS) is 10.2. The van der Waals surface area contributed by atoms with Gasteiger partial charge in [0.05, 0.1) is 0 Å². The van der Waals surface area contributed by atoms with E-state index in [4.69, 9.17) is 0 Å². The summed E-state index contributed by atoms with van der Waals surface area (Å²) in [6.07, 6.45) is 3.02. The Hall–Kier alpha value is 0.260. The van der Waals surface area contributed by atoms with Gasteiger partial charge in [-0.05, 0) is 35.0 Å². The van der Waals surface area contributed by atoms with Gasteiger partial charge in [0.1, 0.15) is 5.01 Å². The standard InChI is InChI=1S/C5H8N2S3/c1-3-4-6-5(7-9-4)10-8-2/h3H2,1-2H3. The molecule has 0 radical (unpaired) electrons. The average molecular weight is 192 g/mol. The molecule has 1 rings (SSSR count). The van der Waals surface area contributed by atoms with E-state index < -0.39 is 0 Å². The predicted octanol–water partition coefficient (Wildman–Crippen LogP) is 2.47. The molecule has 0 atom stereocenters. The first kappa shape index (κ1) is 8.36. The lowest BCUT2D eigenvalue weighted by atomic mass is 10.5. The Morgan fingerprint density at radius 2 is 2.40 bits per heavy atom. The molecule has 2 nitrogen and oxygen atoms in total. The summed E-state index contributed by atoms with van der Waals surface area (Å²) >= 11 is 1.49. The van der Waals surface area contributed by atoms with Gasteiger partial charge in [-0.3, -0.25) is 0 Å². The maximum absolute atomic E-state index is 4.27. The van der Waals surface area contributed by atoms with E-state index in [9.17, 15) is 0 Å². The fraction of sp³-hybridized carbons (Fsp3) is 0.600. The Morgan fingerprint density at radius 3 is 2.90 bits per heavy atom. The van der Waals surface area contributed by atoms with Crippen LogP contribution >= 0.6 is 33.1 Å². The van der Waals surface area contributed by atoms with Crippen molar-refractivity contribution in [3.8, 4) is 0 Å². The van der Waals surface area contributed by atoms with Crippen molar-refractivity contribution in [2.75, 3.05) is 6.26 Å². The second-order valence-corrected chi connectivity index (χ2v) is 4.78. The molecular formula is C5H8N2S3. The summed E-state index contributed by atoms with van der Waals surface area (Å²) < 4.78 is 4.15. The molecule has 0 aliphatic heterocycles. The predicted molar refractivity (Wildman–Crippen MR) is 48.7 cm³/mol. The summed E-state index contributed by atoms with van der Waals surface area (Å²) in [7, 11) is 3.29. The van der Waals surface area contributed by atoms with Crippen molar-refractivity contribution in [3.05, 3.63) is 5.01 Å². The molecule has 10 heavy (non-hydrogen) atoms. The summed E-state index contributed by atoms with van der Waals surface area (Å²) in [6.45, 7) is 2.09.